The number of aryl methyl sites for hydroxylation is 2. The Kier molecular flexibility index (Phi) is 52.3. The average molecular weight is 2440 g/mol. The van der Waals surface area contributed by atoms with Gasteiger partial charge in [-0.1, -0.05) is 340 Å². The summed E-state index contributed by atoms with van der Waals surface area (Å²) in [7, 11) is 9.78. The van der Waals surface area contributed by atoms with Crippen LogP contribution in [-0.2, 0) is 76.9 Å². The number of fused-ring (bicyclic) bond motifs is 2. The van der Waals surface area contributed by atoms with Crippen LogP contribution in [0.2, 0.25) is 0 Å². The van der Waals surface area contributed by atoms with E-state index in [4.69, 9.17) is 38.6 Å². The van der Waals surface area contributed by atoms with Crippen LogP contribution in [0.5, 0.6) is 28.7 Å². The molecule has 0 unspecified atom stereocenters. The first-order chi connectivity index (χ1) is 63.6. The second-order valence-electron chi connectivity index (χ2n) is 27.0. The second kappa shape index (κ2) is 63.0. The first-order valence-corrected chi connectivity index (χ1v) is 74.8. The van der Waals surface area contributed by atoms with Gasteiger partial charge in [-0.05, 0) is 138 Å². The summed E-state index contributed by atoms with van der Waals surface area (Å²) in [5, 5.41) is 56.6. The first kappa shape index (κ1) is 108. The van der Waals surface area contributed by atoms with Crippen LogP contribution in [0.25, 0.3) is 32.7 Å². The predicted octanol–water partition coefficient (Wildman–Crippen LogP) is 34.1. The van der Waals surface area contributed by atoms with E-state index in [1.165, 1.54) is 0 Å². The molecule has 17 aromatic rings. The zero-order valence-corrected chi connectivity index (χ0v) is 91.8. The topological polar surface area (TPSA) is 163 Å². The van der Waals surface area contributed by atoms with Gasteiger partial charge >= 0.3 is 201 Å². The summed E-state index contributed by atoms with van der Waals surface area (Å²) in [6.45, 7) is 3.79. The number of para-hydroxylation sites is 8. The summed E-state index contributed by atoms with van der Waals surface area (Å²) < 4.78 is 0. The Hall–Kier alpha value is -7.40. The molecule has 10 nitrogen and oxygen atoms in total. The minimum atomic E-state index is -0.556. The van der Waals surface area contributed by atoms with Crippen LogP contribution in [0.1, 0.15) is 61.2 Å². The van der Waals surface area contributed by atoms with E-state index in [0.29, 0.717) is 5.56 Å². The number of benzene rings is 17. The second-order valence-corrected chi connectivity index (χ2v) is 61.1. The number of halogens is 10. The monoisotopic (exact) mass is 2430 g/mol. The molecule has 0 saturated heterocycles. The molecule has 0 aromatic heterocycles. The zero-order chi connectivity index (χ0) is 92.9. The third-order valence-corrected chi connectivity index (χ3v) is 18.7. The molecule has 0 aliphatic carbocycles. The van der Waals surface area contributed by atoms with Crippen molar-refractivity contribution in [2.24, 2.45) is 25.0 Å². The van der Waals surface area contributed by atoms with Gasteiger partial charge in [0.1, 0.15) is 28.7 Å². The van der Waals surface area contributed by atoms with Crippen molar-refractivity contribution in [3.63, 3.8) is 0 Å². The minimum absolute atomic E-state index is 0.125. The number of nitrogens with zero attached hydrogens (tertiary/aromatic N) is 5. The SMILES string of the molecule is Cc1cccc(C(=Nc2ccccc2)c2ccccc2)c1O.Cc1cccc(C(=Nc2ccccc2)c2ccccc2)c1O.Oc1c(C(=Nc2ccccc2)c2ccccc2)cccc1-c1ccccc1.Oc1ccc2ccccc2c1C(=Nc1ccccc1)c1ccccc1.Oc1ccccc1C=Nc1cccc2ccccc12.[Br][Ti][Br].[Br][Ti][Br].[Br][Ti][Br].[Br][Ti][Br].[Cl][Ti][Cl]. The van der Waals surface area contributed by atoms with Crippen molar-refractivity contribution in [3.8, 4) is 39.9 Å². The molecule has 648 valence electrons. The van der Waals surface area contributed by atoms with E-state index >= 15 is 0 Å². The summed E-state index contributed by atoms with van der Waals surface area (Å²) in [5.41, 5.74) is 18.4. The Morgan fingerprint density at radius 2 is 0.554 bits per heavy atom. The molecule has 0 bridgehead atoms. The van der Waals surface area contributed by atoms with Crippen LogP contribution in [0.3, 0.4) is 0 Å². The van der Waals surface area contributed by atoms with Crippen LogP contribution in [0.15, 0.2) is 456 Å². The molecule has 0 aliphatic heterocycles. The summed E-state index contributed by atoms with van der Waals surface area (Å²) in [4.78, 5) is 23.7. The fourth-order valence-corrected chi connectivity index (χ4v) is 12.9. The van der Waals surface area contributed by atoms with Gasteiger partial charge in [-0.25, -0.2) is 20.0 Å². The normalized spacial score (nSPS) is 10.6. The van der Waals surface area contributed by atoms with Gasteiger partial charge in [-0.2, -0.15) is 0 Å². The summed E-state index contributed by atoms with van der Waals surface area (Å²) >= 11 is 25.4. The van der Waals surface area contributed by atoms with E-state index in [1.807, 2.05) is 414 Å². The number of aliphatic imine (C=N–C) groups is 5. The Morgan fingerprint density at radius 1 is 0.269 bits per heavy atom. The van der Waals surface area contributed by atoms with Crippen molar-refractivity contribution in [1.82, 2.24) is 0 Å². The van der Waals surface area contributed by atoms with E-state index in [0.717, 1.165) is 140 Å². The Balaban J connectivity index is 0.000000193. The Bertz CT molecular complexity index is 6220. The van der Waals surface area contributed by atoms with Crippen molar-refractivity contribution in [2.75, 3.05) is 0 Å². The molecule has 0 amide bonds. The standard InChI is InChI=1S/C25H19NO.C23H17NO.2C20H17NO.C17H13NO.8BrH.2ClH.5Ti/c27-25-22(19-11-4-1-5-12-19)17-10-18-23(25)24(20-13-6-2-7-14-20)26-21-15-8-3-9-16-21;25-21-16-15-17-9-7-8-14-20(17)22(21)23(18-10-3-1-4-11-18)24-19-12-5-2-6-13-19;2*1-15-9-8-14-18(20(15)22)19(16-10-4-2-5-11-16)21-17-12-6-3-7-13-17;19-17-11-4-2-7-14(17)12-18-16-10-5-8-13-6-1-3-9-15(13)16;;;;;;;;;;;;;;;/h1-18,27H;1-16,25H;2*2-14,22H,1H3;1-12,19H;10*1H;;;;;/q;;;;;;;;;;;;;;;5*+2/p-10. The van der Waals surface area contributed by atoms with Crippen LogP contribution in [0.4, 0.5) is 28.4 Å². The molecule has 0 heterocycles. The molecular formula is C105H83Br8Cl2N5O5Ti5. The number of hydrogen-bond acceptors (Lipinski definition) is 10. The fraction of sp³-hybridized carbons (Fsp3) is 0.0190. The van der Waals surface area contributed by atoms with Crippen molar-refractivity contribution in [1.29, 1.82) is 0 Å². The molecule has 0 saturated carbocycles. The van der Waals surface area contributed by atoms with Gasteiger partial charge in [0.25, 0.3) is 0 Å². The quantitative estimate of drug-likeness (QED) is 0.0509. The number of aromatic hydroxyl groups is 5. The fourth-order valence-electron chi connectivity index (χ4n) is 12.9. The van der Waals surface area contributed by atoms with E-state index in [9.17, 15) is 25.5 Å². The summed E-state index contributed by atoms with van der Waals surface area (Å²) in [5.74, 6) is 1.27. The molecule has 5 N–H and O–H groups in total. The van der Waals surface area contributed by atoms with E-state index < -0.39 is 17.0 Å². The van der Waals surface area contributed by atoms with E-state index in [2.05, 4.69) is 122 Å². The van der Waals surface area contributed by atoms with E-state index in [-0.39, 0.29) is 88.6 Å². The Labute approximate surface area is 864 Å². The van der Waals surface area contributed by atoms with Gasteiger partial charge in [-0.3, -0.25) is 4.99 Å². The molecule has 17 aromatic carbocycles. The van der Waals surface area contributed by atoms with Gasteiger partial charge in [0.2, 0.25) is 0 Å². The number of phenolic OH excluding ortho intramolecular Hbond substituents is 5. The number of hydrogen-bond donors (Lipinski definition) is 5. The van der Waals surface area contributed by atoms with Crippen LogP contribution in [0, 0.1) is 13.8 Å². The van der Waals surface area contributed by atoms with Gasteiger partial charge in [-0.15, -0.1) is 0 Å². The molecule has 25 heteroatoms. The van der Waals surface area contributed by atoms with Gasteiger partial charge < -0.3 is 25.5 Å². The average Bonchev–Trinajstić information content (AvgIpc) is 0.779. The van der Waals surface area contributed by atoms with Crippen molar-refractivity contribution < 1.29 is 102 Å². The third kappa shape index (κ3) is 35.8. The van der Waals surface area contributed by atoms with Crippen molar-refractivity contribution in [3.05, 3.63) is 492 Å². The molecule has 0 fully saturated rings. The van der Waals surface area contributed by atoms with Crippen LogP contribution < -0.4 is 0 Å². The molecule has 0 radical (unpaired) electrons. The molecule has 0 spiro atoms. The molecular weight excluding hydrogens is 2360 g/mol. The summed E-state index contributed by atoms with van der Waals surface area (Å²) in [6, 6.07) is 139. The Morgan fingerprint density at radius 3 is 0.938 bits per heavy atom. The van der Waals surface area contributed by atoms with E-state index in [1.54, 1.807) is 24.4 Å². The maximum atomic E-state index is 11.1. The summed E-state index contributed by atoms with van der Waals surface area (Å²) in [6.07, 6.45) is 1.69. The zero-order valence-electron chi connectivity index (χ0n) is 69.8. The van der Waals surface area contributed by atoms with Crippen molar-refractivity contribution >= 4 is 203 Å². The third-order valence-electron chi connectivity index (χ3n) is 18.7. The maximum absolute atomic E-state index is 11.1. The van der Waals surface area contributed by atoms with Crippen molar-refractivity contribution in [2.45, 2.75) is 13.8 Å². The number of phenols is 5. The van der Waals surface area contributed by atoms with Crippen LogP contribution in [-0.4, -0.2) is 54.6 Å². The molecule has 0 aliphatic rings. The molecule has 0 atom stereocenters. The predicted molar refractivity (Wildman–Crippen MR) is 560 cm³/mol. The first-order valence-electron chi connectivity index (χ1n) is 39.6. The van der Waals surface area contributed by atoms with Gasteiger partial charge in [0.05, 0.1) is 56.8 Å². The van der Waals surface area contributed by atoms with Crippen LogP contribution >= 0.6 is 124 Å². The van der Waals surface area contributed by atoms with Gasteiger partial charge in [0, 0.05) is 61.7 Å². The molecule has 130 heavy (non-hydrogen) atoms. The van der Waals surface area contributed by atoms with Gasteiger partial charge in [0.15, 0.2) is 0 Å². The number of rotatable bonds is 15. The molecule has 17 rings (SSSR count).